The van der Waals surface area contributed by atoms with Crippen molar-refractivity contribution < 1.29 is 9.31 Å². The van der Waals surface area contributed by atoms with Crippen LogP contribution in [0.1, 0.15) is 11.1 Å². The lowest BCUT2D eigenvalue weighted by Gasteiger charge is -2.10. The second-order valence-corrected chi connectivity index (χ2v) is 4.75. The van der Waals surface area contributed by atoms with Gasteiger partial charge >= 0.3 is 0 Å². The quantitative estimate of drug-likeness (QED) is 0.675. The van der Waals surface area contributed by atoms with Crippen LogP contribution >= 0.6 is 11.6 Å². The average Bonchev–Trinajstić information content (AvgIpc) is 2.40. The van der Waals surface area contributed by atoms with Crippen molar-refractivity contribution in [3.05, 3.63) is 68.5 Å². The predicted octanol–water partition coefficient (Wildman–Crippen LogP) is 4.31. The van der Waals surface area contributed by atoms with Crippen LogP contribution in [0.2, 0.25) is 5.02 Å². The molecule has 2 aromatic carbocycles. The van der Waals surface area contributed by atoms with Gasteiger partial charge < -0.3 is 5.32 Å². The van der Waals surface area contributed by atoms with Crippen LogP contribution in [-0.4, -0.2) is 4.92 Å². The van der Waals surface area contributed by atoms with Gasteiger partial charge in [0.05, 0.1) is 15.6 Å². The Hall–Kier alpha value is -2.14. The van der Waals surface area contributed by atoms with Crippen LogP contribution in [0.4, 0.5) is 15.8 Å². The number of benzene rings is 2. The van der Waals surface area contributed by atoms with E-state index in [-0.39, 0.29) is 16.5 Å². The molecule has 6 heteroatoms. The van der Waals surface area contributed by atoms with Crippen molar-refractivity contribution in [3.63, 3.8) is 0 Å². The fourth-order valence-electron chi connectivity index (χ4n) is 1.78. The normalized spacial score (nSPS) is 10.3. The fraction of sp³-hybridized carbons (Fsp3) is 0.143. The van der Waals surface area contributed by atoms with Crippen molar-refractivity contribution in [1.29, 1.82) is 0 Å². The summed E-state index contributed by atoms with van der Waals surface area (Å²) in [7, 11) is 0. The molecule has 104 valence electrons. The van der Waals surface area contributed by atoms with Gasteiger partial charge in [0.2, 0.25) is 0 Å². The topological polar surface area (TPSA) is 55.2 Å². The van der Waals surface area contributed by atoms with E-state index in [0.717, 1.165) is 11.1 Å². The molecule has 0 aliphatic rings. The molecule has 0 saturated carbocycles. The Morgan fingerprint density at radius 2 is 2.05 bits per heavy atom. The Labute approximate surface area is 120 Å². The summed E-state index contributed by atoms with van der Waals surface area (Å²) >= 11 is 5.97. The standard InChI is InChI=1S/C14H12ClFN2O2/c1-9-2-3-11(16)6-10(9)8-17-14-5-4-12(18(19)20)7-13(14)15/h2-7,17H,8H2,1H3. The second kappa shape index (κ2) is 5.88. The van der Waals surface area contributed by atoms with Crippen LogP contribution in [-0.2, 0) is 6.54 Å². The van der Waals surface area contributed by atoms with E-state index in [9.17, 15) is 14.5 Å². The first-order valence-electron chi connectivity index (χ1n) is 5.90. The third-order valence-electron chi connectivity index (χ3n) is 2.94. The molecule has 1 N–H and O–H groups in total. The van der Waals surface area contributed by atoms with Crippen molar-refractivity contribution in [3.8, 4) is 0 Å². The number of nitrogens with zero attached hydrogens (tertiary/aromatic N) is 1. The lowest BCUT2D eigenvalue weighted by Crippen LogP contribution is -2.02. The van der Waals surface area contributed by atoms with Crippen molar-refractivity contribution in [2.24, 2.45) is 0 Å². The number of anilines is 1. The number of hydrogen-bond donors (Lipinski definition) is 1. The monoisotopic (exact) mass is 294 g/mol. The number of non-ortho nitro benzene ring substituents is 1. The van der Waals surface area contributed by atoms with E-state index in [0.29, 0.717) is 12.2 Å². The fourth-order valence-corrected chi connectivity index (χ4v) is 2.02. The summed E-state index contributed by atoms with van der Waals surface area (Å²) in [4.78, 5) is 10.1. The highest BCUT2D eigenvalue weighted by atomic mass is 35.5. The number of rotatable bonds is 4. The van der Waals surface area contributed by atoms with Crippen LogP contribution in [0.3, 0.4) is 0 Å². The molecule has 4 nitrogen and oxygen atoms in total. The van der Waals surface area contributed by atoms with Crippen molar-refractivity contribution in [2.75, 3.05) is 5.32 Å². The Balaban J connectivity index is 2.15. The highest BCUT2D eigenvalue weighted by molar-refractivity contribution is 6.33. The lowest BCUT2D eigenvalue weighted by molar-refractivity contribution is -0.384. The van der Waals surface area contributed by atoms with E-state index in [1.807, 2.05) is 6.92 Å². The van der Waals surface area contributed by atoms with E-state index in [1.54, 1.807) is 6.07 Å². The van der Waals surface area contributed by atoms with E-state index in [4.69, 9.17) is 11.6 Å². The van der Waals surface area contributed by atoms with Gasteiger partial charge in [-0.3, -0.25) is 10.1 Å². The summed E-state index contributed by atoms with van der Waals surface area (Å²) in [5.41, 5.74) is 2.26. The zero-order valence-corrected chi connectivity index (χ0v) is 11.4. The SMILES string of the molecule is Cc1ccc(F)cc1CNc1ccc([N+](=O)[O-])cc1Cl. The van der Waals surface area contributed by atoms with Gasteiger partial charge in [0.25, 0.3) is 5.69 Å². The maximum atomic E-state index is 13.2. The lowest BCUT2D eigenvalue weighted by atomic mass is 10.1. The van der Waals surface area contributed by atoms with Gasteiger partial charge in [-0.25, -0.2) is 4.39 Å². The molecule has 20 heavy (non-hydrogen) atoms. The van der Waals surface area contributed by atoms with Crippen LogP contribution in [0.25, 0.3) is 0 Å². The van der Waals surface area contributed by atoms with Crippen molar-refractivity contribution >= 4 is 23.0 Å². The molecule has 0 aliphatic carbocycles. The molecule has 0 saturated heterocycles. The third-order valence-corrected chi connectivity index (χ3v) is 3.26. The van der Waals surface area contributed by atoms with Gasteiger partial charge in [0.15, 0.2) is 0 Å². The zero-order valence-electron chi connectivity index (χ0n) is 10.7. The molecule has 0 fully saturated rings. The third kappa shape index (κ3) is 3.24. The molecular weight excluding hydrogens is 283 g/mol. The van der Waals surface area contributed by atoms with E-state index >= 15 is 0 Å². The second-order valence-electron chi connectivity index (χ2n) is 4.35. The van der Waals surface area contributed by atoms with Gasteiger partial charge in [-0.2, -0.15) is 0 Å². The minimum Gasteiger partial charge on any atom is -0.380 e. The van der Waals surface area contributed by atoms with Crippen molar-refractivity contribution in [2.45, 2.75) is 13.5 Å². The van der Waals surface area contributed by atoms with Crippen LogP contribution in [0, 0.1) is 22.9 Å². The van der Waals surface area contributed by atoms with Gasteiger partial charge in [-0.1, -0.05) is 17.7 Å². The Kier molecular flexibility index (Phi) is 4.20. The Morgan fingerprint density at radius 3 is 2.70 bits per heavy atom. The molecule has 0 spiro atoms. The van der Waals surface area contributed by atoms with Gasteiger partial charge in [0.1, 0.15) is 5.82 Å². The molecule has 0 unspecified atom stereocenters. The van der Waals surface area contributed by atoms with E-state index < -0.39 is 4.92 Å². The molecule has 0 atom stereocenters. The van der Waals surface area contributed by atoms with Crippen molar-refractivity contribution in [1.82, 2.24) is 0 Å². The number of nitrogens with one attached hydrogen (secondary N) is 1. The summed E-state index contributed by atoms with van der Waals surface area (Å²) in [6, 6.07) is 8.73. The largest absolute Gasteiger partial charge is 0.380 e. The first kappa shape index (κ1) is 14.3. The molecule has 0 radical (unpaired) electrons. The number of nitro benzene ring substituents is 1. The number of halogens is 2. The molecule has 0 amide bonds. The van der Waals surface area contributed by atoms with Gasteiger partial charge in [0, 0.05) is 18.7 Å². The molecule has 0 bridgehead atoms. The molecule has 0 heterocycles. The molecular formula is C14H12ClFN2O2. The van der Waals surface area contributed by atoms with Gasteiger partial charge in [-0.15, -0.1) is 0 Å². The molecule has 2 rings (SSSR count). The van der Waals surface area contributed by atoms with Crippen LogP contribution in [0.5, 0.6) is 0 Å². The highest BCUT2D eigenvalue weighted by Crippen LogP contribution is 2.27. The van der Waals surface area contributed by atoms with Crippen LogP contribution in [0.15, 0.2) is 36.4 Å². The zero-order chi connectivity index (χ0) is 14.7. The van der Waals surface area contributed by atoms with Crippen LogP contribution < -0.4 is 5.32 Å². The minimum absolute atomic E-state index is 0.0671. The first-order valence-corrected chi connectivity index (χ1v) is 6.28. The summed E-state index contributed by atoms with van der Waals surface area (Å²) < 4.78 is 13.2. The number of nitro groups is 1. The maximum absolute atomic E-state index is 13.2. The summed E-state index contributed by atoms with van der Waals surface area (Å²) in [6.07, 6.45) is 0. The highest BCUT2D eigenvalue weighted by Gasteiger charge is 2.09. The van der Waals surface area contributed by atoms with E-state index in [2.05, 4.69) is 5.32 Å². The first-order chi connectivity index (χ1) is 9.47. The minimum atomic E-state index is -0.508. The van der Waals surface area contributed by atoms with Gasteiger partial charge in [-0.05, 0) is 36.2 Å². The Bertz CT molecular complexity index is 662. The summed E-state index contributed by atoms with van der Waals surface area (Å²) in [5.74, 6) is -0.304. The average molecular weight is 295 g/mol. The smallest absolute Gasteiger partial charge is 0.271 e. The predicted molar refractivity (Wildman–Crippen MR) is 76.6 cm³/mol. The summed E-state index contributed by atoms with van der Waals surface area (Å²) in [5, 5.41) is 13.9. The summed E-state index contributed by atoms with van der Waals surface area (Å²) in [6.45, 7) is 2.27. The number of hydrogen-bond acceptors (Lipinski definition) is 3. The maximum Gasteiger partial charge on any atom is 0.271 e. The molecule has 2 aromatic rings. The number of aryl methyl sites for hydroxylation is 1. The molecule has 0 aromatic heterocycles. The molecule has 0 aliphatic heterocycles. The Morgan fingerprint density at radius 1 is 1.30 bits per heavy atom. The van der Waals surface area contributed by atoms with E-state index in [1.165, 1.54) is 30.3 Å².